The summed E-state index contributed by atoms with van der Waals surface area (Å²) >= 11 is 11.8. The number of nitrogens with zero attached hydrogens (tertiary/aromatic N) is 2. The molecule has 0 bridgehead atoms. The average molecular weight is 554 g/mol. The summed E-state index contributed by atoms with van der Waals surface area (Å²) < 4.78 is 60.4. The number of methoxy groups -OCH3 is 1. The Balaban J connectivity index is 2.26. The molecule has 8 nitrogen and oxygen atoms in total. The predicted octanol–water partition coefficient (Wildman–Crippen LogP) is 3.34. The van der Waals surface area contributed by atoms with Crippen LogP contribution in [-0.2, 0) is 24.8 Å². The van der Waals surface area contributed by atoms with E-state index < -0.39 is 44.7 Å². The lowest BCUT2D eigenvalue weighted by Gasteiger charge is -2.33. The molecular formula is C22H30Cl2N2O6S2. The number of likely N-dealkylation sites (N-methyl/N-ethyl adjacent to an activating group) is 1. The van der Waals surface area contributed by atoms with Gasteiger partial charge in [-0.15, -0.1) is 0 Å². The first-order valence-electron chi connectivity index (χ1n) is 10.5. The first-order chi connectivity index (χ1) is 15.8. The molecule has 0 heterocycles. The number of hydrogen-bond acceptors (Lipinski definition) is 6. The molecule has 0 aliphatic heterocycles. The molecule has 0 saturated heterocycles. The highest BCUT2D eigenvalue weighted by molar-refractivity contribution is 7.89. The van der Waals surface area contributed by atoms with Crippen molar-refractivity contribution in [2.75, 3.05) is 33.9 Å². The van der Waals surface area contributed by atoms with E-state index in [2.05, 4.69) is 0 Å². The highest BCUT2D eigenvalue weighted by Gasteiger charge is 2.34. The van der Waals surface area contributed by atoms with Gasteiger partial charge >= 0.3 is 0 Å². The Kier molecular flexibility index (Phi) is 10.3. The fraction of sp³-hybridized carbons (Fsp3) is 0.455. The molecule has 0 fully saturated rings. The largest absolute Gasteiger partial charge is 0.395 e. The molecule has 2 aromatic carbocycles. The Morgan fingerprint density at radius 1 is 0.912 bits per heavy atom. The van der Waals surface area contributed by atoms with Crippen LogP contribution in [0.25, 0.3) is 0 Å². The molecule has 190 valence electrons. The average Bonchev–Trinajstić information content (AvgIpc) is 2.80. The van der Waals surface area contributed by atoms with Gasteiger partial charge in [-0.1, -0.05) is 36.2 Å². The molecule has 2 rings (SSSR count). The summed E-state index contributed by atoms with van der Waals surface area (Å²) in [6.07, 6.45) is -0.630. The van der Waals surface area contributed by atoms with Crippen molar-refractivity contribution in [3.05, 3.63) is 58.6 Å². The molecule has 12 heteroatoms. The van der Waals surface area contributed by atoms with Crippen LogP contribution in [0.3, 0.4) is 0 Å². The molecular weight excluding hydrogens is 523 g/mol. The Hall–Kier alpha value is -1.24. The Labute approximate surface area is 212 Å². The van der Waals surface area contributed by atoms with E-state index in [0.29, 0.717) is 5.02 Å². The van der Waals surface area contributed by atoms with E-state index in [1.807, 2.05) is 0 Å². The summed E-state index contributed by atoms with van der Waals surface area (Å²) in [5, 5.41) is 10.4. The van der Waals surface area contributed by atoms with Crippen LogP contribution in [0.5, 0.6) is 0 Å². The van der Waals surface area contributed by atoms with Crippen LogP contribution in [0.2, 0.25) is 10.0 Å². The number of ether oxygens (including phenoxy) is 1. The summed E-state index contributed by atoms with van der Waals surface area (Å²) in [5.74, 6) is -0.421. The second-order valence-corrected chi connectivity index (χ2v) is 12.9. The lowest BCUT2D eigenvalue weighted by Crippen LogP contribution is -2.47. The van der Waals surface area contributed by atoms with Crippen LogP contribution in [0.4, 0.5) is 0 Å². The minimum absolute atomic E-state index is 0.00361. The van der Waals surface area contributed by atoms with Gasteiger partial charge in [0.05, 0.1) is 22.5 Å². The van der Waals surface area contributed by atoms with Gasteiger partial charge in [-0.25, -0.2) is 16.8 Å². The molecule has 2 aromatic rings. The van der Waals surface area contributed by atoms with Gasteiger partial charge in [0.25, 0.3) is 0 Å². The molecule has 34 heavy (non-hydrogen) atoms. The van der Waals surface area contributed by atoms with E-state index >= 15 is 0 Å². The molecule has 0 unspecified atom stereocenters. The maximum atomic E-state index is 13.3. The smallest absolute Gasteiger partial charge is 0.243 e. The van der Waals surface area contributed by atoms with E-state index in [1.165, 1.54) is 60.9 Å². The zero-order valence-electron chi connectivity index (χ0n) is 19.4. The lowest BCUT2D eigenvalue weighted by atomic mass is 10.0. The number of halogens is 2. The van der Waals surface area contributed by atoms with Crippen molar-refractivity contribution in [1.29, 1.82) is 0 Å². The van der Waals surface area contributed by atoms with E-state index in [9.17, 15) is 21.9 Å². The summed E-state index contributed by atoms with van der Waals surface area (Å²) in [6.45, 7) is 2.94. The molecule has 0 aliphatic carbocycles. The number of rotatable bonds is 12. The topological polar surface area (TPSA) is 104 Å². The second kappa shape index (κ2) is 12.1. The van der Waals surface area contributed by atoms with Gasteiger partial charge < -0.3 is 9.84 Å². The third-order valence-electron chi connectivity index (χ3n) is 5.52. The Morgan fingerprint density at radius 2 is 1.53 bits per heavy atom. The standard InChI is InChI=1S/C22H30Cl2N2O6S2/c1-16(13-26(17(2)15-27)34(30,31)21-7-5-6-19(24)12-21)22(32-4)14-25(3)33(28,29)20-10-8-18(23)9-11-20/h5-12,16-17,22,27H,13-15H2,1-4H3/t16-,17+,22+/m1/s1. The maximum absolute atomic E-state index is 13.3. The molecule has 0 aliphatic rings. The molecule has 0 aromatic heterocycles. The quantitative estimate of drug-likeness (QED) is 0.433. The summed E-state index contributed by atoms with van der Waals surface area (Å²) in [4.78, 5) is 0.0878. The SMILES string of the molecule is CO[C@@H](CN(C)S(=O)(=O)c1ccc(Cl)cc1)[C@H](C)CN([C@@H](C)CO)S(=O)(=O)c1cccc(Cl)c1. The van der Waals surface area contributed by atoms with Crippen LogP contribution < -0.4 is 0 Å². The first-order valence-corrected chi connectivity index (χ1v) is 14.1. The third kappa shape index (κ3) is 6.92. The van der Waals surface area contributed by atoms with Crippen molar-refractivity contribution in [3.8, 4) is 0 Å². The molecule has 0 spiro atoms. The van der Waals surface area contributed by atoms with Crippen LogP contribution in [0.1, 0.15) is 13.8 Å². The normalized spacial score (nSPS) is 15.4. The molecule has 0 saturated carbocycles. The third-order valence-corrected chi connectivity index (χ3v) is 9.82. The Bertz CT molecular complexity index is 1160. The number of aliphatic hydroxyl groups is 1. The molecule has 3 atom stereocenters. The van der Waals surface area contributed by atoms with Crippen molar-refractivity contribution in [2.45, 2.75) is 35.8 Å². The minimum atomic E-state index is -3.99. The lowest BCUT2D eigenvalue weighted by molar-refractivity contribution is 0.0360. The second-order valence-electron chi connectivity index (χ2n) is 8.05. The van der Waals surface area contributed by atoms with Gasteiger partial charge in [0.15, 0.2) is 0 Å². The van der Waals surface area contributed by atoms with Crippen LogP contribution in [0.15, 0.2) is 58.3 Å². The fourth-order valence-electron chi connectivity index (χ4n) is 3.40. The number of aliphatic hydroxyl groups excluding tert-OH is 1. The number of sulfonamides is 2. The van der Waals surface area contributed by atoms with Gasteiger partial charge in [0, 0.05) is 43.3 Å². The molecule has 0 amide bonds. The van der Waals surface area contributed by atoms with Crippen LogP contribution >= 0.6 is 23.2 Å². The Morgan fingerprint density at radius 3 is 2.06 bits per heavy atom. The van der Waals surface area contributed by atoms with Gasteiger partial charge in [0.1, 0.15) is 0 Å². The van der Waals surface area contributed by atoms with Crippen molar-refractivity contribution in [1.82, 2.24) is 8.61 Å². The highest BCUT2D eigenvalue weighted by Crippen LogP contribution is 2.25. The van der Waals surface area contributed by atoms with Crippen LogP contribution in [0, 0.1) is 5.92 Å². The number of benzene rings is 2. The van der Waals surface area contributed by atoms with Gasteiger partial charge in [0.2, 0.25) is 20.0 Å². The molecule has 1 N–H and O–H groups in total. The zero-order valence-corrected chi connectivity index (χ0v) is 22.6. The first kappa shape index (κ1) is 29.0. The number of hydrogen-bond donors (Lipinski definition) is 1. The predicted molar refractivity (Wildman–Crippen MR) is 133 cm³/mol. The summed E-state index contributed by atoms with van der Waals surface area (Å²) in [5.41, 5.74) is 0. The van der Waals surface area contributed by atoms with Crippen LogP contribution in [-0.4, -0.2) is 76.6 Å². The van der Waals surface area contributed by atoms with Crippen molar-refractivity contribution in [2.24, 2.45) is 5.92 Å². The van der Waals surface area contributed by atoms with Gasteiger partial charge in [-0.2, -0.15) is 8.61 Å². The van der Waals surface area contributed by atoms with Gasteiger partial charge in [-0.05, 0) is 55.3 Å². The highest BCUT2D eigenvalue weighted by atomic mass is 35.5. The minimum Gasteiger partial charge on any atom is -0.395 e. The van der Waals surface area contributed by atoms with E-state index in [-0.39, 0.29) is 27.9 Å². The van der Waals surface area contributed by atoms with E-state index in [1.54, 1.807) is 19.9 Å². The fourth-order valence-corrected chi connectivity index (χ4v) is 6.73. The summed E-state index contributed by atoms with van der Waals surface area (Å²) in [7, 11) is -4.93. The molecule has 0 radical (unpaired) electrons. The van der Waals surface area contributed by atoms with Crippen molar-refractivity contribution in [3.63, 3.8) is 0 Å². The summed E-state index contributed by atoms with van der Waals surface area (Å²) in [6, 6.07) is 11.0. The van der Waals surface area contributed by atoms with Gasteiger partial charge in [-0.3, -0.25) is 0 Å². The zero-order chi connectivity index (χ0) is 25.7. The van der Waals surface area contributed by atoms with Crippen molar-refractivity contribution >= 4 is 43.2 Å². The monoisotopic (exact) mass is 552 g/mol. The van der Waals surface area contributed by atoms with E-state index in [0.717, 1.165) is 4.31 Å². The van der Waals surface area contributed by atoms with E-state index in [4.69, 9.17) is 27.9 Å². The maximum Gasteiger partial charge on any atom is 0.243 e. The van der Waals surface area contributed by atoms with Crippen molar-refractivity contribution < 1.29 is 26.7 Å².